The lowest BCUT2D eigenvalue weighted by Gasteiger charge is -2.25. The maximum absolute atomic E-state index is 12.5. The molecule has 1 N–H and O–H groups in total. The molecule has 0 bridgehead atoms. The van der Waals surface area contributed by atoms with E-state index >= 15 is 0 Å². The van der Waals surface area contributed by atoms with Gasteiger partial charge >= 0.3 is 0 Å². The van der Waals surface area contributed by atoms with Gasteiger partial charge in [0.05, 0.1) is 19.8 Å². The second-order valence-electron chi connectivity index (χ2n) is 7.25. The molecular formula is C22H25ClN2O3. The van der Waals surface area contributed by atoms with Crippen LogP contribution in [0.25, 0.3) is 0 Å². The number of amides is 1. The molecule has 2 aromatic rings. The number of halogens is 1. The van der Waals surface area contributed by atoms with Gasteiger partial charge in [0.1, 0.15) is 0 Å². The molecule has 148 valence electrons. The van der Waals surface area contributed by atoms with Crippen molar-refractivity contribution in [3.05, 3.63) is 58.6 Å². The summed E-state index contributed by atoms with van der Waals surface area (Å²) in [6, 6.07) is 14.0. The van der Waals surface area contributed by atoms with Crippen LogP contribution < -0.4 is 14.8 Å². The van der Waals surface area contributed by atoms with Crippen LogP contribution in [0.3, 0.4) is 0 Å². The number of carbonyl (C=O) groups is 1. The molecule has 4 rings (SSSR count). The van der Waals surface area contributed by atoms with Gasteiger partial charge in [-0.2, -0.15) is 0 Å². The molecule has 6 heteroatoms. The van der Waals surface area contributed by atoms with E-state index < -0.39 is 0 Å². The summed E-state index contributed by atoms with van der Waals surface area (Å²) in [7, 11) is 0. The van der Waals surface area contributed by atoms with Crippen LogP contribution in [0.1, 0.15) is 36.4 Å². The van der Waals surface area contributed by atoms with Gasteiger partial charge in [-0.25, -0.2) is 0 Å². The average molecular weight is 401 g/mol. The summed E-state index contributed by atoms with van der Waals surface area (Å²) in [6.07, 6.45) is 3.01. The Kier molecular flexibility index (Phi) is 6.03. The smallest absolute Gasteiger partial charge is 0.234 e. The number of nitrogens with one attached hydrogen (secondary N) is 1. The highest BCUT2D eigenvalue weighted by Gasteiger charge is 2.28. The number of ether oxygens (including phenoxy) is 2. The fourth-order valence-electron chi connectivity index (χ4n) is 3.86. The molecule has 28 heavy (non-hydrogen) atoms. The molecule has 0 aromatic heterocycles. The zero-order valence-electron chi connectivity index (χ0n) is 15.8. The summed E-state index contributed by atoms with van der Waals surface area (Å²) < 4.78 is 11.6. The van der Waals surface area contributed by atoms with Crippen LogP contribution in [-0.4, -0.2) is 37.1 Å². The SMILES string of the molecule is O=C(CN1CCC[C@@H]1c1ccc2c(c1)OCCCO2)NCc1ccccc1Cl. The molecule has 1 amide bonds. The molecule has 2 aliphatic heterocycles. The molecule has 2 heterocycles. The Balaban J connectivity index is 1.39. The fourth-order valence-corrected chi connectivity index (χ4v) is 4.06. The molecule has 0 aliphatic carbocycles. The first kappa shape index (κ1) is 19.1. The Bertz CT molecular complexity index is 842. The third kappa shape index (κ3) is 4.42. The monoisotopic (exact) mass is 400 g/mol. The van der Waals surface area contributed by atoms with Crippen LogP contribution in [-0.2, 0) is 11.3 Å². The Morgan fingerprint density at radius 2 is 1.93 bits per heavy atom. The van der Waals surface area contributed by atoms with Crippen molar-refractivity contribution in [3.8, 4) is 11.5 Å². The highest BCUT2D eigenvalue weighted by Crippen LogP contribution is 2.37. The summed E-state index contributed by atoms with van der Waals surface area (Å²) in [5.74, 6) is 1.63. The van der Waals surface area contributed by atoms with Crippen molar-refractivity contribution in [1.82, 2.24) is 10.2 Å². The molecule has 2 aliphatic rings. The number of rotatable bonds is 5. The van der Waals surface area contributed by atoms with Crippen LogP contribution in [0, 0.1) is 0 Å². The minimum absolute atomic E-state index is 0.0150. The highest BCUT2D eigenvalue weighted by molar-refractivity contribution is 6.31. The van der Waals surface area contributed by atoms with Crippen molar-refractivity contribution in [2.45, 2.75) is 31.8 Å². The van der Waals surface area contributed by atoms with Crippen molar-refractivity contribution in [2.24, 2.45) is 0 Å². The number of likely N-dealkylation sites (tertiary alicyclic amines) is 1. The van der Waals surface area contributed by atoms with Crippen LogP contribution in [0.5, 0.6) is 11.5 Å². The number of fused-ring (bicyclic) bond motifs is 1. The van der Waals surface area contributed by atoms with Crippen molar-refractivity contribution < 1.29 is 14.3 Å². The first-order chi connectivity index (χ1) is 13.7. The number of hydrogen-bond acceptors (Lipinski definition) is 4. The molecular weight excluding hydrogens is 376 g/mol. The van der Waals surface area contributed by atoms with Crippen molar-refractivity contribution in [3.63, 3.8) is 0 Å². The first-order valence-corrected chi connectivity index (χ1v) is 10.2. The minimum Gasteiger partial charge on any atom is -0.490 e. The van der Waals surface area contributed by atoms with Crippen LogP contribution >= 0.6 is 11.6 Å². The zero-order chi connectivity index (χ0) is 19.3. The van der Waals surface area contributed by atoms with Gasteiger partial charge in [-0.05, 0) is 48.7 Å². The van der Waals surface area contributed by atoms with E-state index in [1.807, 2.05) is 30.3 Å². The Hall–Kier alpha value is -2.24. The van der Waals surface area contributed by atoms with E-state index in [1.165, 1.54) is 5.56 Å². The van der Waals surface area contributed by atoms with Crippen molar-refractivity contribution in [1.29, 1.82) is 0 Å². The normalized spacial score (nSPS) is 19.2. The van der Waals surface area contributed by atoms with Gasteiger partial charge in [0.2, 0.25) is 5.91 Å². The summed E-state index contributed by atoms with van der Waals surface area (Å²) in [6.45, 7) is 3.10. The summed E-state index contributed by atoms with van der Waals surface area (Å²) >= 11 is 6.17. The topological polar surface area (TPSA) is 50.8 Å². The molecule has 1 saturated heterocycles. The van der Waals surface area contributed by atoms with E-state index in [1.54, 1.807) is 0 Å². The summed E-state index contributed by atoms with van der Waals surface area (Å²) in [5, 5.41) is 3.66. The Morgan fingerprint density at radius 1 is 1.11 bits per heavy atom. The summed E-state index contributed by atoms with van der Waals surface area (Å²) in [4.78, 5) is 14.7. The van der Waals surface area contributed by atoms with E-state index in [0.717, 1.165) is 42.9 Å². The third-order valence-electron chi connectivity index (χ3n) is 5.30. The Labute approximate surface area is 170 Å². The molecule has 0 saturated carbocycles. The Morgan fingerprint density at radius 3 is 2.79 bits per heavy atom. The van der Waals surface area contributed by atoms with E-state index in [-0.39, 0.29) is 11.9 Å². The predicted octanol–water partition coefficient (Wildman–Crippen LogP) is 3.95. The van der Waals surface area contributed by atoms with E-state index in [0.29, 0.717) is 31.3 Å². The van der Waals surface area contributed by atoms with Crippen molar-refractivity contribution >= 4 is 17.5 Å². The number of carbonyl (C=O) groups excluding carboxylic acids is 1. The number of hydrogen-bond donors (Lipinski definition) is 1. The number of benzene rings is 2. The van der Waals surface area contributed by atoms with Gasteiger partial charge in [-0.15, -0.1) is 0 Å². The maximum Gasteiger partial charge on any atom is 0.234 e. The highest BCUT2D eigenvalue weighted by atomic mass is 35.5. The van der Waals surface area contributed by atoms with E-state index in [2.05, 4.69) is 22.3 Å². The van der Waals surface area contributed by atoms with Gasteiger partial charge < -0.3 is 14.8 Å². The third-order valence-corrected chi connectivity index (χ3v) is 5.67. The van der Waals surface area contributed by atoms with Crippen molar-refractivity contribution in [2.75, 3.05) is 26.3 Å². The quantitative estimate of drug-likeness (QED) is 0.825. The predicted molar refractivity (Wildman–Crippen MR) is 109 cm³/mol. The fraction of sp³-hybridized carbons (Fsp3) is 0.409. The standard InChI is InChI=1S/C22H25ClN2O3/c23-18-6-2-1-5-17(18)14-24-22(26)15-25-10-3-7-19(25)16-8-9-20-21(13-16)28-12-4-11-27-20/h1-2,5-6,8-9,13,19H,3-4,7,10-12,14-15H2,(H,24,26)/t19-/m1/s1. The van der Waals surface area contributed by atoms with E-state index in [4.69, 9.17) is 21.1 Å². The lowest BCUT2D eigenvalue weighted by Crippen LogP contribution is -2.36. The summed E-state index contributed by atoms with van der Waals surface area (Å²) in [5.41, 5.74) is 2.11. The average Bonchev–Trinajstić information content (AvgIpc) is 3.02. The largest absolute Gasteiger partial charge is 0.490 e. The molecule has 2 aromatic carbocycles. The molecule has 5 nitrogen and oxygen atoms in total. The second-order valence-corrected chi connectivity index (χ2v) is 7.66. The lowest BCUT2D eigenvalue weighted by molar-refractivity contribution is -0.122. The molecule has 1 fully saturated rings. The van der Waals surface area contributed by atoms with Gasteiger partial charge in [0, 0.05) is 24.0 Å². The van der Waals surface area contributed by atoms with Crippen LogP contribution in [0.4, 0.5) is 0 Å². The minimum atomic E-state index is 0.0150. The van der Waals surface area contributed by atoms with Gasteiger partial charge in [0.15, 0.2) is 11.5 Å². The van der Waals surface area contributed by atoms with E-state index in [9.17, 15) is 4.79 Å². The molecule has 1 atom stereocenters. The second kappa shape index (κ2) is 8.84. The molecule has 0 radical (unpaired) electrons. The maximum atomic E-state index is 12.5. The zero-order valence-corrected chi connectivity index (χ0v) is 16.6. The van der Waals surface area contributed by atoms with Gasteiger partial charge in [-0.3, -0.25) is 9.69 Å². The molecule has 0 unspecified atom stereocenters. The lowest BCUT2D eigenvalue weighted by atomic mass is 10.0. The van der Waals surface area contributed by atoms with Gasteiger partial charge in [-0.1, -0.05) is 35.9 Å². The number of nitrogens with zero attached hydrogens (tertiary/aromatic N) is 1. The van der Waals surface area contributed by atoms with Gasteiger partial charge in [0.25, 0.3) is 0 Å². The molecule has 0 spiro atoms. The first-order valence-electron chi connectivity index (χ1n) is 9.84. The van der Waals surface area contributed by atoms with Crippen LogP contribution in [0.2, 0.25) is 5.02 Å². The van der Waals surface area contributed by atoms with Crippen LogP contribution in [0.15, 0.2) is 42.5 Å².